The molecule has 0 spiro atoms. The van der Waals surface area contributed by atoms with E-state index < -0.39 is 11.7 Å². The quantitative estimate of drug-likeness (QED) is 0.901. The molecule has 2 rings (SSSR count). The molecule has 0 saturated carbocycles. The number of amides is 1. The van der Waals surface area contributed by atoms with Crippen LogP contribution in [0.2, 0.25) is 0 Å². The Labute approximate surface area is 105 Å². The molecule has 0 radical (unpaired) electrons. The Bertz CT molecular complexity index is 569. The third kappa shape index (κ3) is 2.71. The Morgan fingerprint density at radius 1 is 1.33 bits per heavy atom. The fraction of sp³-hybridized carbons (Fsp3) is 0.143. The van der Waals surface area contributed by atoms with E-state index in [1.807, 2.05) is 13.0 Å². The maximum Gasteiger partial charge on any atom is 0.254 e. The van der Waals surface area contributed by atoms with Gasteiger partial charge >= 0.3 is 0 Å². The molecule has 0 bridgehead atoms. The van der Waals surface area contributed by atoms with Gasteiger partial charge in [-0.3, -0.25) is 9.78 Å². The van der Waals surface area contributed by atoms with Crippen LogP contribution in [-0.4, -0.2) is 10.9 Å². The van der Waals surface area contributed by atoms with Crippen molar-refractivity contribution in [2.24, 2.45) is 0 Å². The second-order valence-corrected chi connectivity index (χ2v) is 3.96. The smallest absolute Gasteiger partial charge is 0.254 e. The fourth-order valence-corrected chi connectivity index (χ4v) is 1.62. The van der Waals surface area contributed by atoms with Gasteiger partial charge in [-0.15, -0.1) is 0 Å². The molecule has 92 valence electrons. The second-order valence-electron chi connectivity index (χ2n) is 3.96. The van der Waals surface area contributed by atoms with Crippen molar-refractivity contribution >= 4 is 5.91 Å². The summed E-state index contributed by atoms with van der Waals surface area (Å²) in [7, 11) is 0. The summed E-state index contributed by atoms with van der Waals surface area (Å²) in [5.41, 5.74) is 2.02. The number of aromatic nitrogens is 1. The lowest BCUT2D eigenvalue weighted by molar-refractivity contribution is 0.0947. The molecule has 0 aliphatic heterocycles. The highest BCUT2D eigenvalue weighted by Crippen LogP contribution is 2.08. The topological polar surface area (TPSA) is 42.0 Å². The first-order valence-electron chi connectivity index (χ1n) is 5.60. The highest BCUT2D eigenvalue weighted by molar-refractivity contribution is 5.94. The number of hydrogen-bond donors (Lipinski definition) is 1. The number of benzene rings is 1. The molecule has 4 heteroatoms. The van der Waals surface area contributed by atoms with E-state index in [9.17, 15) is 9.18 Å². The Morgan fingerprint density at radius 3 is 2.83 bits per heavy atom. The molecular weight excluding hydrogens is 231 g/mol. The summed E-state index contributed by atoms with van der Waals surface area (Å²) in [5, 5.41) is 2.69. The van der Waals surface area contributed by atoms with Crippen molar-refractivity contribution in [3.63, 3.8) is 0 Å². The molecule has 18 heavy (non-hydrogen) atoms. The van der Waals surface area contributed by atoms with E-state index >= 15 is 0 Å². The van der Waals surface area contributed by atoms with E-state index in [4.69, 9.17) is 0 Å². The number of carbonyl (C=O) groups is 1. The van der Waals surface area contributed by atoms with Crippen molar-refractivity contribution in [2.75, 3.05) is 0 Å². The van der Waals surface area contributed by atoms with E-state index in [1.165, 1.54) is 12.1 Å². The van der Waals surface area contributed by atoms with Crippen LogP contribution >= 0.6 is 0 Å². The minimum absolute atomic E-state index is 0.0595. The number of carbonyl (C=O) groups excluding carboxylic acids is 1. The minimum atomic E-state index is -0.513. The van der Waals surface area contributed by atoms with Gasteiger partial charge < -0.3 is 5.32 Å². The third-order valence-corrected chi connectivity index (χ3v) is 2.69. The van der Waals surface area contributed by atoms with Gasteiger partial charge in [-0.25, -0.2) is 4.39 Å². The standard InChI is InChI=1S/C14H13FN2O/c1-10-8-16-7-6-11(10)9-17-14(18)12-4-2-3-5-13(12)15/h2-8H,9H2,1H3,(H,17,18). The van der Waals surface area contributed by atoms with Gasteiger partial charge in [-0.1, -0.05) is 12.1 Å². The van der Waals surface area contributed by atoms with Crippen molar-refractivity contribution in [3.05, 3.63) is 65.2 Å². The Kier molecular flexibility index (Phi) is 3.67. The van der Waals surface area contributed by atoms with Crippen LogP contribution in [0.4, 0.5) is 4.39 Å². The summed E-state index contributed by atoms with van der Waals surface area (Å²) in [6, 6.07) is 7.75. The van der Waals surface area contributed by atoms with E-state index in [1.54, 1.807) is 24.5 Å². The molecule has 1 aromatic carbocycles. The predicted octanol–water partition coefficient (Wildman–Crippen LogP) is 2.46. The van der Waals surface area contributed by atoms with E-state index in [0.717, 1.165) is 11.1 Å². The SMILES string of the molecule is Cc1cnccc1CNC(=O)c1ccccc1F. The zero-order valence-electron chi connectivity index (χ0n) is 9.98. The van der Waals surface area contributed by atoms with E-state index in [-0.39, 0.29) is 5.56 Å². The monoisotopic (exact) mass is 244 g/mol. The van der Waals surface area contributed by atoms with Crippen molar-refractivity contribution in [1.82, 2.24) is 10.3 Å². The fourth-order valence-electron chi connectivity index (χ4n) is 1.62. The third-order valence-electron chi connectivity index (χ3n) is 2.69. The number of pyridine rings is 1. The first-order chi connectivity index (χ1) is 8.68. The van der Waals surface area contributed by atoms with Gasteiger partial charge in [0.2, 0.25) is 0 Å². The zero-order valence-corrected chi connectivity index (χ0v) is 9.98. The van der Waals surface area contributed by atoms with Gasteiger partial charge in [-0.2, -0.15) is 0 Å². The summed E-state index contributed by atoms with van der Waals surface area (Å²) in [6.45, 7) is 2.28. The number of halogens is 1. The molecule has 0 unspecified atom stereocenters. The van der Waals surface area contributed by atoms with Gasteiger partial charge in [0.15, 0.2) is 0 Å². The summed E-state index contributed by atoms with van der Waals surface area (Å²) in [4.78, 5) is 15.8. The molecule has 0 aliphatic rings. The van der Waals surface area contributed by atoms with Gasteiger partial charge in [-0.05, 0) is 36.2 Å². The summed E-state index contributed by atoms with van der Waals surface area (Å²) in [6.07, 6.45) is 3.39. The van der Waals surface area contributed by atoms with E-state index in [2.05, 4.69) is 10.3 Å². The summed E-state index contributed by atoms with van der Waals surface area (Å²) in [5.74, 6) is -0.925. The number of nitrogens with one attached hydrogen (secondary N) is 1. The highest BCUT2D eigenvalue weighted by Gasteiger charge is 2.10. The first kappa shape index (κ1) is 12.2. The van der Waals surface area contributed by atoms with Crippen LogP contribution in [0.3, 0.4) is 0 Å². The van der Waals surface area contributed by atoms with Gasteiger partial charge in [0.25, 0.3) is 5.91 Å². The average molecular weight is 244 g/mol. The normalized spacial score (nSPS) is 10.1. The Hall–Kier alpha value is -2.23. The largest absolute Gasteiger partial charge is 0.348 e. The zero-order chi connectivity index (χ0) is 13.0. The van der Waals surface area contributed by atoms with Crippen LogP contribution in [0.1, 0.15) is 21.5 Å². The molecule has 1 aromatic heterocycles. The second kappa shape index (κ2) is 5.40. The molecule has 1 N–H and O–H groups in total. The number of aryl methyl sites for hydroxylation is 1. The van der Waals surface area contributed by atoms with Crippen molar-refractivity contribution < 1.29 is 9.18 Å². The van der Waals surface area contributed by atoms with Crippen LogP contribution in [0.5, 0.6) is 0 Å². The van der Waals surface area contributed by atoms with Crippen LogP contribution in [0.15, 0.2) is 42.7 Å². The highest BCUT2D eigenvalue weighted by atomic mass is 19.1. The average Bonchev–Trinajstić information content (AvgIpc) is 2.38. The van der Waals surface area contributed by atoms with Crippen LogP contribution in [-0.2, 0) is 6.54 Å². The lowest BCUT2D eigenvalue weighted by atomic mass is 10.1. The Balaban J connectivity index is 2.06. The van der Waals surface area contributed by atoms with Crippen LogP contribution in [0.25, 0.3) is 0 Å². The number of rotatable bonds is 3. The van der Waals surface area contributed by atoms with Crippen molar-refractivity contribution in [1.29, 1.82) is 0 Å². The van der Waals surface area contributed by atoms with Gasteiger partial charge in [0, 0.05) is 18.9 Å². The maximum atomic E-state index is 13.4. The summed E-state index contributed by atoms with van der Waals surface area (Å²) < 4.78 is 13.4. The lowest BCUT2D eigenvalue weighted by Gasteiger charge is -2.07. The molecule has 0 saturated heterocycles. The molecule has 2 aromatic rings. The predicted molar refractivity (Wildman–Crippen MR) is 66.5 cm³/mol. The first-order valence-corrected chi connectivity index (χ1v) is 5.60. The molecular formula is C14H13FN2O. The molecule has 1 amide bonds. The molecule has 3 nitrogen and oxygen atoms in total. The minimum Gasteiger partial charge on any atom is -0.348 e. The van der Waals surface area contributed by atoms with E-state index in [0.29, 0.717) is 6.54 Å². The molecule has 0 atom stereocenters. The number of hydrogen-bond acceptors (Lipinski definition) is 2. The van der Waals surface area contributed by atoms with Crippen LogP contribution < -0.4 is 5.32 Å². The lowest BCUT2D eigenvalue weighted by Crippen LogP contribution is -2.24. The van der Waals surface area contributed by atoms with Crippen molar-refractivity contribution in [3.8, 4) is 0 Å². The van der Waals surface area contributed by atoms with Crippen LogP contribution in [0, 0.1) is 12.7 Å². The number of nitrogens with zero attached hydrogens (tertiary/aromatic N) is 1. The summed E-state index contributed by atoms with van der Waals surface area (Å²) >= 11 is 0. The van der Waals surface area contributed by atoms with Crippen molar-refractivity contribution in [2.45, 2.75) is 13.5 Å². The Morgan fingerprint density at radius 2 is 2.11 bits per heavy atom. The maximum absolute atomic E-state index is 13.4. The molecule has 0 fully saturated rings. The molecule has 1 heterocycles. The van der Waals surface area contributed by atoms with Gasteiger partial charge in [0.1, 0.15) is 5.82 Å². The molecule has 0 aliphatic carbocycles. The van der Waals surface area contributed by atoms with Gasteiger partial charge in [0.05, 0.1) is 5.56 Å².